The molecule has 1 N–H and O–H groups in total. The second kappa shape index (κ2) is 6.29. The van der Waals surface area contributed by atoms with Gasteiger partial charge in [-0.1, -0.05) is 12.5 Å². The molecule has 0 radical (unpaired) electrons. The Kier molecular flexibility index (Phi) is 4.70. The number of benzene rings is 1. The largest absolute Gasteiger partial charge is 0.496 e. The third kappa shape index (κ3) is 3.21. The van der Waals surface area contributed by atoms with Gasteiger partial charge in [0.25, 0.3) is 0 Å². The highest BCUT2D eigenvalue weighted by Gasteiger charge is 2.18. The van der Waals surface area contributed by atoms with Crippen LogP contribution in [0.4, 0.5) is 5.69 Å². The maximum Gasteiger partial charge on any atom is 0.126 e. The minimum absolute atomic E-state index is 0.653. The van der Waals surface area contributed by atoms with E-state index in [4.69, 9.17) is 4.74 Å². The molecule has 1 fully saturated rings. The fourth-order valence-electron chi connectivity index (χ4n) is 2.96. The number of nitrogens with zero attached hydrogens (tertiary/aromatic N) is 1. The van der Waals surface area contributed by atoms with Crippen molar-refractivity contribution in [3.05, 3.63) is 23.3 Å². The zero-order valence-corrected chi connectivity index (χ0v) is 12.6. The summed E-state index contributed by atoms with van der Waals surface area (Å²) in [5.74, 6) is 1.00. The van der Waals surface area contributed by atoms with E-state index in [1.807, 2.05) is 0 Å². The molecule has 2 rings (SSSR count). The normalized spacial score (nSPS) is 20.3. The standard InChI is InChI=1S/C16H26N2O/c1-12-8-9-15(13(2)16(12)19-4)17-11-14-7-5-6-10-18(14)3/h8-9,14,17H,5-7,10-11H2,1-4H3. The van der Waals surface area contributed by atoms with Crippen molar-refractivity contribution in [1.82, 2.24) is 4.90 Å². The van der Waals surface area contributed by atoms with E-state index in [0.717, 1.165) is 12.3 Å². The number of rotatable bonds is 4. The summed E-state index contributed by atoms with van der Waals surface area (Å²) in [7, 11) is 3.97. The first-order valence-corrected chi connectivity index (χ1v) is 7.21. The predicted octanol–water partition coefficient (Wildman–Crippen LogP) is 3.21. The average molecular weight is 262 g/mol. The second-order valence-electron chi connectivity index (χ2n) is 5.60. The van der Waals surface area contributed by atoms with Gasteiger partial charge >= 0.3 is 0 Å². The van der Waals surface area contributed by atoms with E-state index in [2.05, 4.69) is 43.2 Å². The van der Waals surface area contributed by atoms with Crippen molar-refractivity contribution < 1.29 is 4.74 Å². The van der Waals surface area contributed by atoms with E-state index in [1.165, 1.54) is 42.6 Å². The molecule has 0 spiro atoms. The van der Waals surface area contributed by atoms with Crippen molar-refractivity contribution in [3.8, 4) is 5.75 Å². The molecule has 1 unspecified atom stereocenters. The summed E-state index contributed by atoms with van der Waals surface area (Å²) < 4.78 is 5.48. The van der Waals surface area contributed by atoms with Crippen LogP contribution in [0, 0.1) is 13.8 Å². The molecule has 0 aliphatic carbocycles. The molecule has 3 nitrogen and oxygen atoms in total. The number of hydrogen-bond acceptors (Lipinski definition) is 3. The summed E-state index contributed by atoms with van der Waals surface area (Å²) in [5.41, 5.74) is 3.60. The smallest absolute Gasteiger partial charge is 0.126 e. The highest BCUT2D eigenvalue weighted by molar-refractivity contribution is 5.59. The number of anilines is 1. The van der Waals surface area contributed by atoms with Crippen LogP contribution < -0.4 is 10.1 Å². The Labute approximate surface area is 116 Å². The van der Waals surface area contributed by atoms with E-state index >= 15 is 0 Å². The number of likely N-dealkylation sites (N-methyl/N-ethyl adjacent to an activating group) is 1. The van der Waals surface area contributed by atoms with Gasteiger partial charge in [-0.2, -0.15) is 0 Å². The van der Waals surface area contributed by atoms with E-state index in [-0.39, 0.29) is 0 Å². The van der Waals surface area contributed by atoms with E-state index in [1.54, 1.807) is 7.11 Å². The van der Waals surface area contributed by atoms with Crippen LogP contribution in [0.25, 0.3) is 0 Å². The zero-order valence-electron chi connectivity index (χ0n) is 12.6. The van der Waals surface area contributed by atoms with Crippen LogP contribution in [0.2, 0.25) is 0 Å². The van der Waals surface area contributed by atoms with Gasteiger partial charge in [0.2, 0.25) is 0 Å². The highest BCUT2D eigenvalue weighted by atomic mass is 16.5. The molecule has 0 bridgehead atoms. The van der Waals surface area contributed by atoms with Crippen molar-refractivity contribution in [1.29, 1.82) is 0 Å². The quantitative estimate of drug-likeness (QED) is 0.901. The summed E-state index contributed by atoms with van der Waals surface area (Å²) in [6.07, 6.45) is 3.99. The van der Waals surface area contributed by atoms with Crippen molar-refractivity contribution in [2.45, 2.75) is 39.2 Å². The summed E-state index contributed by atoms with van der Waals surface area (Å²) in [6, 6.07) is 4.94. The maximum atomic E-state index is 5.48. The monoisotopic (exact) mass is 262 g/mol. The SMILES string of the molecule is COc1c(C)ccc(NCC2CCCCN2C)c1C. The van der Waals surface area contributed by atoms with Crippen molar-refractivity contribution >= 4 is 5.69 Å². The topological polar surface area (TPSA) is 24.5 Å². The number of methoxy groups -OCH3 is 1. The van der Waals surface area contributed by atoms with Crippen LogP contribution in [0.1, 0.15) is 30.4 Å². The number of likely N-dealkylation sites (tertiary alicyclic amines) is 1. The first-order chi connectivity index (χ1) is 9.13. The summed E-state index contributed by atoms with van der Waals surface area (Å²) in [4.78, 5) is 2.47. The first-order valence-electron chi connectivity index (χ1n) is 7.21. The summed E-state index contributed by atoms with van der Waals surface area (Å²) >= 11 is 0. The molecular formula is C16H26N2O. The Hall–Kier alpha value is -1.22. The third-order valence-electron chi connectivity index (χ3n) is 4.26. The Morgan fingerprint density at radius 3 is 2.79 bits per heavy atom. The van der Waals surface area contributed by atoms with Crippen molar-refractivity contribution in [2.75, 3.05) is 32.6 Å². The van der Waals surface area contributed by atoms with Crippen LogP contribution in [-0.2, 0) is 0 Å². The third-order valence-corrected chi connectivity index (χ3v) is 4.26. The molecular weight excluding hydrogens is 236 g/mol. The molecule has 1 heterocycles. The Balaban J connectivity index is 2.03. The molecule has 1 aliphatic heterocycles. The first kappa shape index (κ1) is 14.2. The zero-order chi connectivity index (χ0) is 13.8. The van der Waals surface area contributed by atoms with Crippen LogP contribution in [0.15, 0.2) is 12.1 Å². The number of piperidine rings is 1. The molecule has 106 valence electrons. The molecule has 1 atom stereocenters. The van der Waals surface area contributed by atoms with Gasteiger partial charge in [-0.05, 0) is 51.9 Å². The van der Waals surface area contributed by atoms with Gasteiger partial charge in [0.1, 0.15) is 5.75 Å². The number of ether oxygens (including phenoxy) is 1. The van der Waals surface area contributed by atoms with Crippen molar-refractivity contribution in [2.24, 2.45) is 0 Å². The van der Waals surface area contributed by atoms with Gasteiger partial charge < -0.3 is 15.0 Å². The lowest BCUT2D eigenvalue weighted by atomic mass is 10.0. The molecule has 0 aromatic heterocycles. The number of hydrogen-bond donors (Lipinski definition) is 1. The summed E-state index contributed by atoms with van der Waals surface area (Å²) in [5, 5.41) is 3.59. The lowest BCUT2D eigenvalue weighted by Crippen LogP contribution is -2.40. The second-order valence-corrected chi connectivity index (χ2v) is 5.60. The van der Waals surface area contributed by atoms with Gasteiger partial charge in [0.05, 0.1) is 7.11 Å². The van der Waals surface area contributed by atoms with Gasteiger partial charge in [-0.25, -0.2) is 0 Å². The van der Waals surface area contributed by atoms with Crippen LogP contribution >= 0.6 is 0 Å². The molecule has 19 heavy (non-hydrogen) atoms. The molecule has 1 aromatic carbocycles. The van der Waals surface area contributed by atoms with Gasteiger partial charge in [-0.15, -0.1) is 0 Å². The van der Waals surface area contributed by atoms with Crippen LogP contribution in [0.5, 0.6) is 5.75 Å². The van der Waals surface area contributed by atoms with Gasteiger partial charge in [0, 0.05) is 23.8 Å². The molecule has 1 aliphatic rings. The number of aryl methyl sites for hydroxylation is 1. The van der Waals surface area contributed by atoms with E-state index < -0.39 is 0 Å². The van der Waals surface area contributed by atoms with Crippen LogP contribution in [-0.4, -0.2) is 38.2 Å². The molecule has 0 saturated carbocycles. The lowest BCUT2D eigenvalue weighted by Gasteiger charge is -2.33. The lowest BCUT2D eigenvalue weighted by molar-refractivity contribution is 0.194. The fourth-order valence-corrected chi connectivity index (χ4v) is 2.96. The molecule has 1 saturated heterocycles. The van der Waals surface area contributed by atoms with Gasteiger partial charge in [0.15, 0.2) is 0 Å². The van der Waals surface area contributed by atoms with Crippen LogP contribution in [0.3, 0.4) is 0 Å². The van der Waals surface area contributed by atoms with Gasteiger partial charge in [-0.3, -0.25) is 0 Å². The Morgan fingerprint density at radius 2 is 2.11 bits per heavy atom. The molecule has 0 amide bonds. The highest BCUT2D eigenvalue weighted by Crippen LogP contribution is 2.29. The minimum Gasteiger partial charge on any atom is -0.496 e. The Morgan fingerprint density at radius 1 is 1.32 bits per heavy atom. The maximum absolute atomic E-state index is 5.48. The average Bonchev–Trinajstić information content (AvgIpc) is 2.40. The Bertz CT molecular complexity index is 431. The van der Waals surface area contributed by atoms with E-state index in [0.29, 0.717) is 6.04 Å². The molecule has 3 heteroatoms. The minimum atomic E-state index is 0.653. The fraction of sp³-hybridized carbons (Fsp3) is 0.625. The molecule has 1 aromatic rings. The van der Waals surface area contributed by atoms with E-state index in [9.17, 15) is 0 Å². The number of nitrogens with one attached hydrogen (secondary N) is 1. The summed E-state index contributed by atoms with van der Waals surface area (Å²) in [6.45, 7) is 6.45. The van der Waals surface area contributed by atoms with Crippen molar-refractivity contribution in [3.63, 3.8) is 0 Å². The predicted molar refractivity (Wildman–Crippen MR) is 81.2 cm³/mol.